The maximum Gasteiger partial charge on any atom is 0.234 e. The number of halogens is 1. The Balaban J connectivity index is 1.32. The van der Waals surface area contributed by atoms with Crippen LogP contribution < -0.4 is 15.4 Å². The van der Waals surface area contributed by atoms with Crippen LogP contribution in [-0.2, 0) is 16.1 Å². The van der Waals surface area contributed by atoms with E-state index in [0.717, 1.165) is 42.7 Å². The number of methoxy groups -OCH3 is 1. The van der Waals surface area contributed by atoms with Crippen LogP contribution in [0.15, 0.2) is 42.5 Å². The summed E-state index contributed by atoms with van der Waals surface area (Å²) in [5.41, 5.74) is 2.76. The summed E-state index contributed by atoms with van der Waals surface area (Å²) in [6, 6.07) is 12.8. The Labute approximate surface area is 192 Å². The summed E-state index contributed by atoms with van der Waals surface area (Å²) >= 11 is 1.31. The van der Waals surface area contributed by atoms with Crippen molar-refractivity contribution in [1.82, 2.24) is 10.2 Å². The van der Waals surface area contributed by atoms with Gasteiger partial charge in [-0.15, -0.1) is 11.8 Å². The Hall–Kier alpha value is -2.58. The number of piperidine rings is 1. The molecular weight excluding hydrogens is 429 g/mol. The molecule has 6 nitrogen and oxygen atoms in total. The fourth-order valence-electron chi connectivity index (χ4n) is 3.73. The Morgan fingerprint density at radius 1 is 1.12 bits per heavy atom. The molecule has 0 radical (unpaired) electrons. The van der Waals surface area contributed by atoms with Crippen LogP contribution in [0.2, 0.25) is 0 Å². The predicted molar refractivity (Wildman–Crippen MR) is 127 cm³/mol. The Morgan fingerprint density at radius 3 is 2.56 bits per heavy atom. The van der Waals surface area contributed by atoms with Crippen LogP contribution in [0.4, 0.5) is 10.1 Å². The van der Waals surface area contributed by atoms with Crippen LogP contribution in [0.1, 0.15) is 24.0 Å². The van der Waals surface area contributed by atoms with Crippen LogP contribution in [0.5, 0.6) is 5.75 Å². The van der Waals surface area contributed by atoms with Crippen LogP contribution in [0, 0.1) is 12.7 Å². The fraction of sp³-hybridized carbons (Fsp3) is 0.417. The molecule has 0 saturated carbocycles. The maximum absolute atomic E-state index is 13.9. The van der Waals surface area contributed by atoms with Gasteiger partial charge in [-0.1, -0.05) is 18.2 Å². The van der Waals surface area contributed by atoms with Gasteiger partial charge < -0.3 is 15.4 Å². The molecule has 0 atom stereocenters. The van der Waals surface area contributed by atoms with Gasteiger partial charge in [-0.3, -0.25) is 14.5 Å². The molecule has 0 bridgehead atoms. The number of likely N-dealkylation sites (tertiary alicyclic amines) is 1. The van der Waals surface area contributed by atoms with Gasteiger partial charge in [0, 0.05) is 31.4 Å². The molecule has 1 aliphatic rings. The molecule has 2 amide bonds. The molecule has 2 aromatic rings. The first-order valence-corrected chi connectivity index (χ1v) is 11.9. The largest absolute Gasteiger partial charge is 0.494 e. The van der Waals surface area contributed by atoms with E-state index in [9.17, 15) is 14.0 Å². The number of nitrogens with zero attached hydrogens (tertiary/aromatic N) is 1. The minimum absolute atomic E-state index is 0.0472. The SMILES string of the molecule is COc1ccc(CN2CCC(NC(=O)CSCC(=O)Nc3cccc(C)c3)CC2)cc1F. The Kier molecular flexibility index (Phi) is 8.93. The summed E-state index contributed by atoms with van der Waals surface area (Å²) in [5, 5.41) is 5.91. The van der Waals surface area contributed by atoms with E-state index >= 15 is 0 Å². The first-order valence-electron chi connectivity index (χ1n) is 10.7. The van der Waals surface area contributed by atoms with Crippen molar-refractivity contribution in [3.05, 3.63) is 59.4 Å². The number of hydrogen-bond donors (Lipinski definition) is 2. The molecule has 1 saturated heterocycles. The first-order chi connectivity index (χ1) is 15.4. The highest BCUT2D eigenvalue weighted by atomic mass is 32.2. The van der Waals surface area contributed by atoms with E-state index in [4.69, 9.17) is 4.74 Å². The zero-order chi connectivity index (χ0) is 22.9. The molecule has 1 heterocycles. The topological polar surface area (TPSA) is 70.7 Å². The lowest BCUT2D eigenvalue weighted by Gasteiger charge is -2.32. The second-order valence-corrected chi connectivity index (χ2v) is 8.98. The van der Waals surface area contributed by atoms with Crippen molar-refractivity contribution < 1.29 is 18.7 Å². The number of thioether (sulfide) groups is 1. The van der Waals surface area contributed by atoms with Crippen molar-refractivity contribution in [1.29, 1.82) is 0 Å². The van der Waals surface area contributed by atoms with Gasteiger partial charge in [-0.05, 0) is 55.2 Å². The molecule has 2 N–H and O–H groups in total. The molecule has 8 heteroatoms. The van der Waals surface area contributed by atoms with E-state index in [-0.39, 0.29) is 40.9 Å². The van der Waals surface area contributed by atoms with Gasteiger partial charge in [0.1, 0.15) is 0 Å². The van der Waals surface area contributed by atoms with Crippen LogP contribution >= 0.6 is 11.8 Å². The maximum atomic E-state index is 13.9. The van der Waals surface area contributed by atoms with Crippen molar-refractivity contribution >= 4 is 29.3 Å². The fourth-order valence-corrected chi connectivity index (χ4v) is 4.36. The normalized spacial score (nSPS) is 14.7. The van der Waals surface area contributed by atoms with Crippen molar-refractivity contribution in [2.45, 2.75) is 32.4 Å². The van der Waals surface area contributed by atoms with E-state index in [0.29, 0.717) is 6.54 Å². The molecule has 172 valence electrons. The molecule has 1 fully saturated rings. The summed E-state index contributed by atoms with van der Waals surface area (Å²) in [6.07, 6.45) is 1.70. The van der Waals surface area contributed by atoms with Gasteiger partial charge in [0.2, 0.25) is 11.8 Å². The highest BCUT2D eigenvalue weighted by molar-refractivity contribution is 8.00. The van der Waals surface area contributed by atoms with E-state index < -0.39 is 0 Å². The van der Waals surface area contributed by atoms with E-state index in [1.165, 1.54) is 24.9 Å². The van der Waals surface area contributed by atoms with Gasteiger partial charge in [0.15, 0.2) is 11.6 Å². The van der Waals surface area contributed by atoms with Gasteiger partial charge in [-0.25, -0.2) is 4.39 Å². The molecule has 3 rings (SSSR count). The third-order valence-electron chi connectivity index (χ3n) is 5.34. The number of benzene rings is 2. The lowest BCUT2D eigenvalue weighted by Crippen LogP contribution is -2.44. The lowest BCUT2D eigenvalue weighted by molar-refractivity contribution is -0.119. The molecule has 32 heavy (non-hydrogen) atoms. The van der Waals surface area contributed by atoms with Crippen molar-refractivity contribution in [2.24, 2.45) is 0 Å². The average Bonchev–Trinajstić information content (AvgIpc) is 2.75. The minimum atomic E-state index is -0.350. The van der Waals surface area contributed by atoms with Crippen LogP contribution in [0.25, 0.3) is 0 Å². The molecule has 0 aromatic heterocycles. The van der Waals surface area contributed by atoms with Crippen LogP contribution in [-0.4, -0.2) is 54.5 Å². The summed E-state index contributed by atoms with van der Waals surface area (Å²) in [4.78, 5) is 26.5. The zero-order valence-electron chi connectivity index (χ0n) is 18.5. The summed E-state index contributed by atoms with van der Waals surface area (Å²) in [7, 11) is 1.45. The molecule has 2 aromatic carbocycles. The van der Waals surface area contributed by atoms with E-state index in [1.807, 2.05) is 37.3 Å². The third kappa shape index (κ3) is 7.53. The number of hydrogen-bond acceptors (Lipinski definition) is 5. The highest BCUT2D eigenvalue weighted by Gasteiger charge is 2.21. The third-order valence-corrected chi connectivity index (χ3v) is 6.28. The molecule has 0 spiro atoms. The molecule has 0 aliphatic carbocycles. The number of nitrogens with one attached hydrogen (secondary N) is 2. The average molecular weight is 460 g/mol. The lowest BCUT2D eigenvalue weighted by atomic mass is 10.0. The standard InChI is InChI=1S/C24H30FN3O3S/c1-17-4-3-5-20(12-17)27-24(30)16-32-15-23(29)26-19-8-10-28(11-9-19)14-18-6-7-22(31-2)21(25)13-18/h3-7,12-13,19H,8-11,14-16H2,1-2H3,(H,26,29)(H,27,30). The zero-order valence-corrected chi connectivity index (χ0v) is 19.3. The monoisotopic (exact) mass is 459 g/mol. The van der Waals surface area contributed by atoms with Crippen molar-refractivity contribution in [2.75, 3.05) is 37.0 Å². The molecule has 0 unspecified atom stereocenters. The van der Waals surface area contributed by atoms with Gasteiger partial charge in [0.05, 0.1) is 18.6 Å². The number of rotatable bonds is 9. The highest BCUT2D eigenvalue weighted by Crippen LogP contribution is 2.20. The van der Waals surface area contributed by atoms with Gasteiger partial charge >= 0.3 is 0 Å². The number of carbonyl (C=O) groups excluding carboxylic acids is 2. The molecular formula is C24H30FN3O3S. The van der Waals surface area contributed by atoms with Gasteiger partial charge in [0.25, 0.3) is 0 Å². The van der Waals surface area contributed by atoms with E-state index in [2.05, 4.69) is 15.5 Å². The Morgan fingerprint density at radius 2 is 1.88 bits per heavy atom. The first kappa shape index (κ1) is 24.1. The number of carbonyl (C=O) groups is 2. The minimum Gasteiger partial charge on any atom is -0.494 e. The predicted octanol–water partition coefficient (Wildman–Crippen LogP) is 3.60. The summed E-state index contributed by atoms with van der Waals surface area (Å²) in [5.74, 6) is 0.230. The summed E-state index contributed by atoms with van der Waals surface area (Å²) < 4.78 is 18.8. The van der Waals surface area contributed by atoms with Gasteiger partial charge in [-0.2, -0.15) is 0 Å². The Bertz CT molecular complexity index is 932. The number of ether oxygens (including phenoxy) is 1. The molecule has 1 aliphatic heterocycles. The van der Waals surface area contributed by atoms with E-state index in [1.54, 1.807) is 6.07 Å². The summed E-state index contributed by atoms with van der Waals surface area (Å²) in [6.45, 7) is 4.32. The second kappa shape index (κ2) is 11.9. The van der Waals surface area contributed by atoms with Crippen LogP contribution in [0.3, 0.4) is 0 Å². The number of anilines is 1. The second-order valence-electron chi connectivity index (χ2n) is 8.00. The van der Waals surface area contributed by atoms with Crippen molar-refractivity contribution in [3.8, 4) is 5.75 Å². The quantitative estimate of drug-likeness (QED) is 0.600. The van der Waals surface area contributed by atoms with Crippen molar-refractivity contribution in [3.63, 3.8) is 0 Å². The number of aryl methyl sites for hydroxylation is 1. The number of amides is 2. The smallest absolute Gasteiger partial charge is 0.234 e.